The molecule has 0 radical (unpaired) electrons. The lowest BCUT2D eigenvalue weighted by Crippen LogP contribution is -2.42. The lowest BCUT2D eigenvalue weighted by atomic mass is 9.91. The number of piperidine rings is 1. The molecular weight excluding hydrogens is 334 g/mol. The molecule has 1 aliphatic heterocycles. The highest BCUT2D eigenvalue weighted by Gasteiger charge is 2.34. The monoisotopic (exact) mass is 352 g/mol. The summed E-state index contributed by atoms with van der Waals surface area (Å²) in [6.45, 7) is 2.82. The molecule has 2 N–H and O–H groups in total. The van der Waals surface area contributed by atoms with Gasteiger partial charge < -0.3 is 10.6 Å². The molecule has 0 aromatic carbocycles. The second kappa shape index (κ2) is 6.59. The number of rotatable bonds is 4. The van der Waals surface area contributed by atoms with Gasteiger partial charge in [0.25, 0.3) is 5.91 Å². The van der Waals surface area contributed by atoms with Crippen LogP contribution < -0.4 is 5.73 Å². The Morgan fingerprint density at radius 1 is 1.41 bits per heavy atom. The van der Waals surface area contributed by atoms with Crippen LogP contribution in [-0.2, 0) is 9.84 Å². The standard InChI is InChI=1S/C13H18F2N2O3S2/c1-8(16)9-2-5-17(6-3-9)12(18)11-10(4-7-21-11)22(19,20)13(14)15/h4,7-9,13H,2-3,5-6,16H2,1H3. The van der Waals surface area contributed by atoms with Crippen LogP contribution in [0.4, 0.5) is 8.78 Å². The SMILES string of the molecule is CC(N)C1CCN(C(=O)c2sccc2S(=O)(=O)C(F)F)CC1. The van der Waals surface area contributed by atoms with Crippen LogP contribution in [0.25, 0.3) is 0 Å². The van der Waals surface area contributed by atoms with E-state index in [1.54, 1.807) is 0 Å². The first-order chi connectivity index (χ1) is 10.2. The number of thiophene rings is 1. The summed E-state index contributed by atoms with van der Waals surface area (Å²) in [5, 5.41) is 1.34. The van der Waals surface area contributed by atoms with Crippen molar-refractivity contribution in [3.63, 3.8) is 0 Å². The van der Waals surface area contributed by atoms with Crippen LogP contribution in [-0.4, -0.2) is 44.1 Å². The quantitative estimate of drug-likeness (QED) is 0.898. The van der Waals surface area contributed by atoms with Gasteiger partial charge in [-0.15, -0.1) is 11.3 Å². The third-order valence-corrected chi connectivity index (χ3v) is 6.39. The zero-order chi connectivity index (χ0) is 16.5. The van der Waals surface area contributed by atoms with Crippen LogP contribution >= 0.6 is 11.3 Å². The van der Waals surface area contributed by atoms with Crippen LogP contribution in [0.2, 0.25) is 0 Å². The molecule has 1 unspecified atom stereocenters. The molecule has 1 saturated heterocycles. The normalized spacial score (nSPS) is 18.7. The van der Waals surface area contributed by atoms with Crippen LogP contribution in [0.5, 0.6) is 0 Å². The van der Waals surface area contributed by atoms with Crippen molar-refractivity contribution in [3.8, 4) is 0 Å². The molecule has 1 amide bonds. The van der Waals surface area contributed by atoms with Gasteiger partial charge in [0, 0.05) is 19.1 Å². The molecule has 0 spiro atoms. The fourth-order valence-electron chi connectivity index (χ4n) is 2.55. The summed E-state index contributed by atoms with van der Waals surface area (Å²) in [5.74, 6) is -3.72. The number of alkyl halides is 2. The third kappa shape index (κ3) is 3.31. The van der Waals surface area contributed by atoms with Gasteiger partial charge in [-0.3, -0.25) is 4.79 Å². The minimum Gasteiger partial charge on any atom is -0.338 e. The van der Waals surface area contributed by atoms with Gasteiger partial charge in [-0.1, -0.05) is 0 Å². The molecule has 5 nitrogen and oxygen atoms in total. The minimum atomic E-state index is -4.76. The summed E-state index contributed by atoms with van der Waals surface area (Å²) in [5.41, 5.74) is 5.83. The average Bonchev–Trinajstić information content (AvgIpc) is 2.96. The lowest BCUT2D eigenvalue weighted by molar-refractivity contribution is 0.0682. The van der Waals surface area contributed by atoms with E-state index in [2.05, 4.69) is 0 Å². The number of amides is 1. The second-order valence-electron chi connectivity index (χ2n) is 5.41. The van der Waals surface area contributed by atoms with E-state index in [0.717, 1.165) is 30.2 Å². The molecule has 1 atom stereocenters. The number of likely N-dealkylation sites (tertiary alicyclic amines) is 1. The summed E-state index contributed by atoms with van der Waals surface area (Å²) in [4.78, 5) is 13.2. The number of carbonyl (C=O) groups is 1. The first-order valence-electron chi connectivity index (χ1n) is 6.89. The second-order valence-corrected chi connectivity index (χ2v) is 8.21. The maximum absolute atomic E-state index is 12.7. The zero-order valence-electron chi connectivity index (χ0n) is 12.0. The molecule has 1 aromatic rings. The molecule has 0 saturated carbocycles. The van der Waals surface area contributed by atoms with E-state index >= 15 is 0 Å². The molecule has 9 heteroatoms. The van der Waals surface area contributed by atoms with E-state index in [0.29, 0.717) is 19.0 Å². The molecule has 0 aliphatic carbocycles. The predicted molar refractivity (Wildman–Crippen MR) is 79.8 cm³/mol. The van der Waals surface area contributed by atoms with Crippen molar-refractivity contribution in [1.82, 2.24) is 4.90 Å². The smallest absolute Gasteiger partial charge is 0.338 e. The van der Waals surface area contributed by atoms with Crippen molar-refractivity contribution >= 4 is 27.1 Å². The number of hydrogen-bond donors (Lipinski definition) is 1. The van der Waals surface area contributed by atoms with Crippen LogP contribution in [0.3, 0.4) is 0 Å². The lowest BCUT2D eigenvalue weighted by Gasteiger charge is -2.33. The summed E-state index contributed by atoms with van der Waals surface area (Å²) >= 11 is 0.874. The van der Waals surface area contributed by atoms with E-state index in [1.807, 2.05) is 6.92 Å². The maximum atomic E-state index is 12.7. The molecule has 1 aliphatic rings. The topological polar surface area (TPSA) is 80.5 Å². The molecule has 1 fully saturated rings. The molecule has 2 rings (SSSR count). The van der Waals surface area contributed by atoms with E-state index in [1.165, 1.54) is 10.3 Å². The van der Waals surface area contributed by atoms with Crippen LogP contribution in [0, 0.1) is 5.92 Å². The van der Waals surface area contributed by atoms with E-state index < -0.39 is 26.4 Å². The number of sulfone groups is 1. The fraction of sp³-hybridized carbons (Fsp3) is 0.615. The van der Waals surface area contributed by atoms with Crippen molar-refractivity contribution in [2.24, 2.45) is 11.7 Å². The van der Waals surface area contributed by atoms with E-state index in [9.17, 15) is 22.0 Å². The Morgan fingerprint density at radius 3 is 2.50 bits per heavy atom. The average molecular weight is 352 g/mol. The fourth-order valence-corrected chi connectivity index (χ4v) is 4.67. The highest BCUT2D eigenvalue weighted by atomic mass is 32.2. The van der Waals surface area contributed by atoms with Gasteiger partial charge in [0.1, 0.15) is 4.88 Å². The number of nitrogens with two attached hydrogens (primary N) is 1. The van der Waals surface area contributed by atoms with Crippen molar-refractivity contribution in [1.29, 1.82) is 0 Å². The van der Waals surface area contributed by atoms with Crippen molar-refractivity contribution in [2.75, 3.05) is 13.1 Å². The van der Waals surface area contributed by atoms with E-state index in [4.69, 9.17) is 5.73 Å². The van der Waals surface area contributed by atoms with E-state index in [-0.39, 0.29) is 10.9 Å². The Morgan fingerprint density at radius 2 is 2.00 bits per heavy atom. The Hall–Kier alpha value is -1.06. The molecule has 0 bridgehead atoms. The Bertz CT molecular complexity index is 635. The van der Waals surface area contributed by atoms with Crippen molar-refractivity contribution < 1.29 is 22.0 Å². The Kier molecular flexibility index (Phi) is 5.18. The largest absolute Gasteiger partial charge is 0.341 e. The molecule has 22 heavy (non-hydrogen) atoms. The Labute approximate surface area is 132 Å². The van der Waals surface area contributed by atoms with Gasteiger partial charge in [0.15, 0.2) is 0 Å². The Balaban J connectivity index is 2.18. The number of hydrogen-bond acceptors (Lipinski definition) is 5. The van der Waals surface area contributed by atoms with Gasteiger partial charge >= 0.3 is 5.76 Å². The molecular formula is C13H18F2N2O3S2. The summed E-state index contributed by atoms with van der Waals surface area (Å²) in [7, 11) is -4.76. The molecule has 1 aromatic heterocycles. The van der Waals surface area contributed by atoms with Crippen LogP contribution in [0.15, 0.2) is 16.3 Å². The highest BCUT2D eigenvalue weighted by molar-refractivity contribution is 7.92. The number of nitrogens with zero attached hydrogens (tertiary/aromatic N) is 1. The first-order valence-corrected chi connectivity index (χ1v) is 9.32. The van der Waals surface area contributed by atoms with Gasteiger partial charge in [-0.2, -0.15) is 8.78 Å². The minimum absolute atomic E-state index is 0.0359. The van der Waals surface area contributed by atoms with Gasteiger partial charge in [-0.05, 0) is 37.1 Å². The summed E-state index contributed by atoms with van der Waals surface area (Å²) in [6, 6.07) is 1.10. The maximum Gasteiger partial charge on any atom is 0.341 e. The zero-order valence-corrected chi connectivity index (χ0v) is 13.7. The van der Waals surface area contributed by atoms with Gasteiger partial charge in [-0.25, -0.2) is 8.42 Å². The number of halogens is 2. The van der Waals surface area contributed by atoms with Gasteiger partial charge in [0.2, 0.25) is 9.84 Å². The van der Waals surface area contributed by atoms with Crippen LogP contribution in [0.1, 0.15) is 29.4 Å². The van der Waals surface area contributed by atoms with Crippen molar-refractivity contribution in [2.45, 2.75) is 36.5 Å². The summed E-state index contributed by atoms with van der Waals surface area (Å²) < 4.78 is 48.6. The molecule has 2 heterocycles. The summed E-state index contributed by atoms with van der Waals surface area (Å²) in [6.07, 6.45) is 1.46. The predicted octanol–water partition coefficient (Wildman–Crippen LogP) is 1.94. The van der Waals surface area contributed by atoms with Crippen molar-refractivity contribution in [3.05, 3.63) is 16.3 Å². The number of carbonyl (C=O) groups excluding carboxylic acids is 1. The third-order valence-electron chi connectivity index (χ3n) is 3.93. The van der Waals surface area contributed by atoms with Gasteiger partial charge in [0.05, 0.1) is 4.90 Å². The highest BCUT2D eigenvalue weighted by Crippen LogP contribution is 2.29. The first kappa shape index (κ1) is 17.3. The molecule has 124 valence electrons.